The molecule has 1 aromatic heterocycles. The molecule has 1 amide bonds. The van der Waals surface area contributed by atoms with Crippen LogP contribution in [0.4, 0.5) is 0 Å². The summed E-state index contributed by atoms with van der Waals surface area (Å²) in [6.07, 6.45) is 6.17. The van der Waals surface area contributed by atoms with Gasteiger partial charge in [0, 0.05) is 6.42 Å². The van der Waals surface area contributed by atoms with Crippen molar-refractivity contribution in [3.8, 4) is 0 Å². The van der Waals surface area contributed by atoms with Crippen LogP contribution >= 0.6 is 12.2 Å². The smallest absolute Gasteiger partial charge is 0.240 e. The van der Waals surface area contributed by atoms with E-state index in [-0.39, 0.29) is 18.5 Å². The minimum atomic E-state index is -0.00782. The Labute approximate surface area is 147 Å². The third kappa shape index (κ3) is 3.75. The molecule has 1 heterocycles. The minimum absolute atomic E-state index is 0.00782. The largest absolute Gasteiger partial charge is 0.348 e. The lowest BCUT2D eigenvalue weighted by Gasteiger charge is -2.19. The molecule has 2 aromatic rings. The first kappa shape index (κ1) is 16.9. The Hall–Kier alpha value is -1.95. The average molecular weight is 344 g/mol. The summed E-state index contributed by atoms with van der Waals surface area (Å²) >= 11 is 5.26. The van der Waals surface area contributed by atoms with Crippen molar-refractivity contribution < 1.29 is 4.79 Å². The molecule has 1 aromatic carbocycles. The van der Waals surface area contributed by atoms with Gasteiger partial charge < -0.3 is 5.32 Å². The van der Waals surface area contributed by atoms with Gasteiger partial charge in [0.15, 0.2) is 4.77 Å². The highest BCUT2D eigenvalue weighted by Crippen LogP contribution is 2.28. The highest BCUT2D eigenvalue weighted by Gasteiger charge is 2.20. The minimum Gasteiger partial charge on any atom is -0.348 e. The van der Waals surface area contributed by atoms with Crippen molar-refractivity contribution >= 4 is 18.1 Å². The molecule has 0 spiro atoms. The molecule has 0 bridgehead atoms. The summed E-state index contributed by atoms with van der Waals surface area (Å²) in [4.78, 5) is 12.6. The topological polar surface area (TPSA) is 62.7 Å². The Morgan fingerprint density at radius 2 is 2.25 bits per heavy atom. The van der Waals surface area contributed by atoms with Crippen LogP contribution in [0, 0.1) is 4.77 Å². The van der Waals surface area contributed by atoms with Crippen LogP contribution in [0.3, 0.4) is 0 Å². The van der Waals surface area contributed by atoms with E-state index in [1.807, 2.05) is 0 Å². The van der Waals surface area contributed by atoms with Crippen molar-refractivity contribution in [3.63, 3.8) is 0 Å². The molecule has 0 unspecified atom stereocenters. The zero-order valence-corrected chi connectivity index (χ0v) is 14.9. The fraction of sp³-hybridized carbons (Fsp3) is 0.500. The molecule has 0 radical (unpaired) electrons. The van der Waals surface area contributed by atoms with Gasteiger partial charge in [0.2, 0.25) is 5.91 Å². The zero-order chi connectivity index (χ0) is 16.9. The number of rotatable bonds is 5. The first-order valence-electron chi connectivity index (χ1n) is 8.70. The van der Waals surface area contributed by atoms with E-state index in [1.54, 1.807) is 4.57 Å². The van der Waals surface area contributed by atoms with Crippen molar-refractivity contribution in [1.82, 2.24) is 20.1 Å². The van der Waals surface area contributed by atoms with Gasteiger partial charge in [0.25, 0.3) is 0 Å². The van der Waals surface area contributed by atoms with Crippen molar-refractivity contribution in [3.05, 3.63) is 46.0 Å². The van der Waals surface area contributed by atoms with Gasteiger partial charge in [0.1, 0.15) is 12.4 Å². The van der Waals surface area contributed by atoms with Crippen LogP contribution in [-0.4, -0.2) is 20.7 Å². The second-order valence-electron chi connectivity index (χ2n) is 6.35. The molecule has 2 N–H and O–H groups in total. The van der Waals surface area contributed by atoms with E-state index in [4.69, 9.17) is 12.2 Å². The van der Waals surface area contributed by atoms with Crippen LogP contribution in [0.2, 0.25) is 0 Å². The number of carbonyl (C=O) groups is 1. The maximum atomic E-state index is 12.6. The predicted molar refractivity (Wildman–Crippen MR) is 96.3 cm³/mol. The lowest BCUT2D eigenvalue weighted by atomic mass is 9.99. The maximum absolute atomic E-state index is 12.6. The third-order valence-electron chi connectivity index (χ3n) is 4.57. The maximum Gasteiger partial charge on any atom is 0.240 e. The molecular formula is C18H24N4OS. The Morgan fingerprint density at radius 1 is 1.42 bits per heavy atom. The molecule has 128 valence electrons. The molecule has 0 aliphatic heterocycles. The Balaban J connectivity index is 1.74. The second kappa shape index (κ2) is 7.75. The molecule has 24 heavy (non-hydrogen) atoms. The molecular weight excluding hydrogens is 320 g/mol. The number of nitrogens with zero attached hydrogens (tertiary/aromatic N) is 2. The van der Waals surface area contributed by atoms with E-state index in [1.165, 1.54) is 17.5 Å². The average Bonchev–Trinajstić information content (AvgIpc) is 2.80. The quantitative estimate of drug-likeness (QED) is 0.645. The first-order chi connectivity index (χ1) is 11.7. The Morgan fingerprint density at radius 3 is 3.08 bits per heavy atom. The molecule has 3 rings (SSSR count). The van der Waals surface area contributed by atoms with Crippen molar-refractivity contribution in [2.75, 3.05) is 0 Å². The normalized spacial score (nSPS) is 17.1. The SMILES string of the molecule is CCCc1n[nH]c(=S)n1CC(=O)N[C@H]1CCCCc2ccccc21. The van der Waals surface area contributed by atoms with Crippen LogP contribution in [0.15, 0.2) is 24.3 Å². The summed E-state index contributed by atoms with van der Waals surface area (Å²) in [5.74, 6) is 0.838. The monoisotopic (exact) mass is 344 g/mol. The number of aryl methyl sites for hydroxylation is 2. The van der Waals surface area contributed by atoms with Crippen LogP contribution in [-0.2, 0) is 24.2 Å². The summed E-state index contributed by atoms with van der Waals surface area (Å²) in [6, 6.07) is 8.52. The van der Waals surface area contributed by atoms with E-state index in [9.17, 15) is 4.79 Å². The van der Waals surface area contributed by atoms with Crippen LogP contribution in [0.25, 0.3) is 0 Å². The van der Waals surface area contributed by atoms with Crippen LogP contribution in [0.1, 0.15) is 55.6 Å². The van der Waals surface area contributed by atoms with Crippen molar-refractivity contribution in [2.45, 2.75) is 58.0 Å². The van der Waals surface area contributed by atoms with Crippen LogP contribution in [0.5, 0.6) is 0 Å². The number of aromatic nitrogens is 3. The summed E-state index contributed by atoms with van der Waals surface area (Å²) in [5.41, 5.74) is 2.61. The zero-order valence-electron chi connectivity index (χ0n) is 14.0. The van der Waals surface area contributed by atoms with Gasteiger partial charge in [-0.05, 0) is 49.0 Å². The van der Waals surface area contributed by atoms with Gasteiger partial charge in [-0.3, -0.25) is 14.5 Å². The number of nitrogens with one attached hydrogen (secondary N) is 2. The van der Waals surface area contributed by atoms with E-state index in [2.05, 4.69) is 46.7 Å². The molecule has 1 aliphatic rings. The molecule has 1 atom stereocenters. The molecule has 1 aliphatic carbocycles. The number of hydrogen-bond donors (Lipinski definition) is 2. The lowest BCUT2D eigenvalue weighted by molar-refractivity contribution is -0.122. The number of H-pyrrole nitrogens is 1. The summed E-state index contributed by atoms with van der Waals surface area (Å²) < 4.78 is 2.31. The van der Waals surface area contributed by atoms with Gasteiger partial charge in [-0.25, -0.2) is 0 Å². The van der Waals surface area contributed by atoms with Gasteiger partial charge in [-0.1, -0.05) is 37.6 Å². The Bertz CT molecular complexity index is 764. The predicted octanol–water partition coefficient (Wildman–Crippen LogP) is 3.48. The van der Waals surface area contributed by atoms with Crippen molar-refractivity contribution in [1.29, 1.82) is 0 Å². The van der Waals surface area contributed by atoms with Gasteiger partial charge in [0.05, 0.1) is 6.04 Å². The fourth-order valence-corrected chi connectivity index (χ4v) is 3.60. The summed E-state index contributed by atoms with van der Waals surface area (Å²) in [5, 5.41) is 10.2. The Kier molecular flexibility index (Phi) is 5.45. The fourth-order valence-electron chi connectivity index (χ4n) is 3.38. The lowest BCUT2D eigenvalue weighted by Crippen LogP contribution is -2.32. The second-order valence-corrected chi connectivity index (χ2v) is 6.73. The molecule has 5 nitrogen and oxygen atoms in total. The number of hydrogen-bond acceptors (Lipinski definition) is 3. The highest BCUT2D eigenvalue weighted by atomic mass is 32.1. The summed E-state index contributed by atoms with van der Waals surface area (Å²) in [7, 11) is 0. The standard InChI is InChI=1S/C18H24N4OS/c1-2-7-16-20-21-18(24)22(16)12-17(23)19-15-11-6-4-9-13-8-3-5-10-14(13)15/h3,5,8,10,15H,2,4,6-7,9,11-12H2,1H3,(H,19,23)(H,21,24)/t15-/m0/s1. The molecule has 0 fully saturated rings. The molecule has 0 saturated carbocycles. The number of benzene rings is 1. The summed E-state index contributed by atoms with van der Waals surface area (Å²) in [6.45, 7) is 2.31. The van der Waals surface area contributed by atoms with Crippen LogP contribution < -0.4 is 5.32 Å². The van der Waals surface area contributed by atoms with E-state index in [0.717, 1.165) is 37.9 Å². The van der Waals surface area contributed by atoms with Crippen molar-refractivity contribution in [2.24, 2.45) is 0 Å². The number of aromatic amines is 1. The van der Waals surface area contributed by atoms with Gasteiger partial charge in [-0.2, -0.15) is 5.10 Å². The molecule has 0 saturated heterocycles. The third-order valence-corrected chi connectivity index (χ3v) is 4.88. The van der Waals surface area contributed by atoms with E-state index >= 15 is 0 Å². The number of fused-ring (bicyclic) bond motifs is 1. The van der Waals surface area contributed by atoms with E-state index in [0.29, 0.717) is 4.77 Å². The highest BCUT2D eigenvalue weighted by molar-refractivity contribution is 7.71. The van der Waals surface area contributed by atoms with Gasteiger partial charge >= 0.3 is 0 Å². The van der Waals surface area contributed by atoms with Gasteiger partial charge in [-0.15, -0.1) is 0 Å². The molecule has 6 heteroatoms. The van der Waals surface area contributed by atoms with E-state index < -0.39 is 0 Å². The number of carbonyl (C=O) groups excluding carboxylic acids is 1. The first-order valence-corrected chi connectivity index (χ1v) is 9.11. The number of amides is 1.